The van der Waals surface area contributed by atoms with Crippen molar-refractivity contribution in [2.75, 3.05) is 20.2 Å². The fourth-order valence-electron chi connectivity index (χ4n) is 3.72. The second-order valence-corrected chi connectivity index (χ2v) is 8.53. The van der Waals surface area contributed by atoms with Gasteiger partial charge in [0.15, 0.2) is 0 Å². The number of aromatic nitrogens is 2. The maximum absolute atomic E-state index is 14.3. The molecule has 3 heterocycles. The Bertz CT molecular complexity index is 1190. The number of hydrogen-bond acceptors (Lipinski definition) is 4. The lowest BCUT2D eigenvalue weighted by Gasteiger charge is -2.47. The summed E-state index contributed by atoms with van der Waals surface area (Å²) in [4.78, 5) is 34.5. The van der Waals surface area contributed by atoms with Crippen LogP contribution < -0.4 is 5.32 Å². The van der Waals surface area contributed by atoms with Crippen molar-refractivity contribution in [2.45, 2.75) is 25.0 Å². The van der Waals surface area contributed by atoms with Crippen LogP contribution in [0.5, 0.6) is 0 Å². The lowest BCUT2D eigenvalue weighted by atomic mass is 9.94. The molecule has 1 aliphatic heterocycles. The summed E-state index contributed by atoms with van der Waals surface area (Å²) in [5, 5.41) is 3.72. The quantitative estimate of drug-likeness (QED) is 0.589. The van der Waals surface area contributed by atoms with E-state index in [1.165, 1.54) is 17.2 Å². The third-order valence-corrected chi connectivity index (χ3v) is 5.79. The van der Waals surface area contributed by atoms with Crippen LogP contribution in [-0.2, 0) is 16.0 Å². The Morgan fingerprint density at radius 1 is 1.31 bits per heavy atom. The molecule has 0 spiro atoms. The third-order valence-electron chi connectivity index (χ3n) is 5.58. The van der Waals surface area contributed by atoms with Crippen molar-refractivity contribution in [3.8, 4) is 0 Å². The highest BCUT2D eigenvalue weighted by Crippen LogP contribution is 2.25. The van der Waals surface area contributed by atoms with E-state index in [4.69, 9.17) is 16.3 Å². The number of ether oxygens (including phenoxy) is 1. The van der Waals surface area contributed by atoms with Crippen LogP contribution in [0.1, 0.15) is 23.0 Å². The van der Waals surface area contributed by atoms with Gasteiger partial charge in [0.2, 0.25) is 5.91 Å². The van der Waals surface area contributed by atoms with Gasteiger partial charge in [0.05, 0.1) is 23.7 Å². The number of fused-ring (bicyclic) bond motifs is 1. The number of H-pyrrole nitrogens is 1. The van der Waals surface area contributed by atoms with Gasteiger partial charge in [-0.3, -0.25) is 9.59 Å². The van der Waals surface area contributed by atoms with Gasteiger partial charge in [0.25, 0.3) is 5.91 Å². The molecule has 1 aliphatic rings. The highest BCUT2D eigenvalue weighted by atomic mass is 35.5. The van der Waals surface area contributed by atoms with Crippen molar-refractivity contribution < 1.29 is 23.1 Å². The number of rotatable bonds is 6. The Morgan fingerprint density at radius 2 is 2.06 bits per heavy atom. The van der Waals surface area contributed by atoms with Crippen molar-refractivity contribution in [3.05, 3.63) is 64.4 Å². The molecule has 10 heteroatoms. The smallest absolute Gasteiger partial charge is 0.268 e. The van der Waals surface area contributed by atoms with E-state index in [0.717, 1.165) is 12.1 Å². The van der Waals surface area contributed by atoms with Gasteiger partial charge in [-0.2, -0.15) is 0 Å². The molecule has 2 aromatic heterocycles. The van der Waals surface area contributed by atoms with E-state index < -0.39 is 29.2 Å². The van der Waals surface area contributed by atoms with E-state index in [9.17, 15) is 18.4 Å². The number of halogens is 3. The summed E-state index contributed by atoms with van der Waals surface area (Å²) in [6.45, 7) is 2.55. The Labute approximate surface area is 187 Å². The van der Waals surface area contributed by atoms with Gasteiger partial charge in [0.1, 0.15) is 29.0 Å². The first kappa shape index (κ1) is 22.2. The first-order valence-corrected chi connectivity index (χ1v) is 10.3. The van der Waals surface area contributed by atoms with Crippen molar-refractivity contribution >= 4 is 34.4 Å². The van der Waals surface area contributed by atoms with Gasteiger partial charge in [-0.25, -0.2) is 13.8 Å². The molecule has 2 amide bonds. The normalized spacial score (nSPS) is 16.0. The zero-order chi connectivity index (χ0) is 23.0. The van der Waals surface area contributed by atoms with E-state index in [-0.39, 0.29) is 23.6 Å². The number of hydrogen-bond donors (Lipinski definition) is 2. The fourth-order valence-corrected chi connectivity index (χ4v) is 3.89. The highest BCUT2D eigenvalue weighted by molar-refractivity contribution is 6.31. The Hall–Kier alpha value is -3.04. The Kier molecular flexibility index (Phi) is 5.87. The molecular weight excluding hydrogens is 442 g/mol. The van der Waals surface area contributed by atoms with Gasteiger partial charge in [-0.15, -0.1) is 0 Å². The number of carbonyl (C=O) groups is 2. The van der Waals surface area contributed by atoms with Crippen LogP contribution in [0.25, 0.3) is 11.0 Å². The zero-order valence-corrected chi connectivity index (χ0v) is 18.2. The fraction of sp³-hybridized carbons (Fsp3) is 0.318. The first-order chi connectivity index (χ1) is 15.2. The van der Waals surface area contributed by atoms with Crippen molar-refractivity contribution in [3.63, 3.8) is 0 Å². The van der Waals surface area contributed by atoms with Gasteiger partial charge >= 0.3 is 0 Å². The number of pyridine rings is 1. The molecule has 0 aliphatic carbocycles. The van der Waals surface area contributed by atoms with E-state index in [1.54, 1.807) is 19.2 Å². The topological polar surface area (TPSA) is 87.3 Å². The number of methoxy groups -OCH3 is 1. The second-order valence-electron chi connectivity index (χ2n) is 8.09. The van der Waals surface area contributed by atoms with Crippen LogP contribution >= 0.6 is 11.6 Å². The summed E-state index contributed by atoms with van der Waals surface area (Å²) in [6, 6.07) is 5.28. The van der Waals surface area contributed by atoms with Crippen molar-refractivity contribution in [1.29, 1.82) is 0 Å². The highest BCUT2D eigenvalue weighted by Gasteiger charge is 2.43. The van der Waals surface area contributed by atoms with E-state index in [2.05, 4.69) is 15.3 Å². The predicted molar refractivity (Wildman–Crippen MR) is 114 cm³/mol. The van der Waals surface area contributed by atoms with Gasteiger partial charge in [-0.05, 0) is 30.7 Å². The number of benzene rings is 1. The van der Waals surface area contributed by atoms with Crippen LogP contribution in [0.4, 0.5) is 8.78 Å². The number of nitrogens with one attached hydrogen (secondary N) is 2. The van der Waals surface area contributed by atoms with Crippen molar-refractivity contribution in [1.82, 2.24) is 20.2 Å². The van der Waals surface area contributed by atoms with E-state index in [1.807, 2.05) is 6.92 Å². The SMILES string of the molecule is COC1(C)CN(C(=O)[C@H](Cc2ccc(F)cc2F)NC(=O)c2cc3cc(Cl)cnc3[nH]2)C1. The average molecular weight is 463 g/mol. The Balaban J connectivity index is 1.57. The standard InChI is InChI=1S/C22H21ClF2N4O3/c1-22(32-2)10-29(11-22)21(31)18(6-12-3-4-15(24)8-16(12)25)28-20(30)17-7-13-5-14(23)9-26-19(13)27-17/h3-5,7-9,18H,6,10-11H2,1-2H3,(H,26,27)(H,28,30)/t18-/m0/s1. The molecular formula is C22H21ClF2N4O3. The minimum absolute atomic E-state index is 0.116. The summed E-state index contributed by atoms with van der Waals surface area (Å²) < 4.78 is 32.9. The van der Waals surface area contributed by atoms with Crippen LogP contribution in [0.2, 0.25) is 5.02 Å². The summed E-state index contributed by atoms with van der Waals surface area (Å²) in [5.74, 6) is -2.45. The van der Waals surface area contributed by atoms with Crippen molar-refractivity contribution in [2.24, 2.45) is 0 Å². The second kappa shape index (κ2) is 8.48. The number of aromatic amines is 1. The maximum Gasteiger partial charge on any atom is 0.268 e. The van der Waals surface area contributed by atoms with Crippen LogP contribution in [-0.4, -0.2) is 58.5 Å². The minimum atomic E-state index is -1.06. The molecule has 1 aromatic carbocycles. The number of nitrogens with zero attached hydrogens (tertiary/aromatic N) is 2. The molecule has 0 radical (unpaired) electrons. The van der Waals surface area contributed by atoms with E-state index in [0.29, 0.717) is 29.1 Å². The molecule has 4 rings (SSSR count). The molecule has 3 aromatic rings. The molecule has 168 valence electrons. The zero-order valence-electron chi connectivity index (χ0n) is 17.4. The number of likely N-dealkylation sites (tertiary alicyclic amines) is 1. The third kappa shape index (κ3) is 4.44. The molecule has 1 atom stereocenters. The molecule has 0 saturated carbocycles. The molecule has 32 heavy (non-hydrogen) atoms. The summed E-state index contributed by atoms with van der Waals surface area (Å²) in [6.07, 6.45) is 1.31. The molecule has 2 N–H and O–H groups in total. The summed E-state index contributed by atoms with van der Waals surface area (Å²) >= 11 is 5.94. The average Bonchev–Trinajstić information content (AvgIpc) is 3.15. The molecule has 1 saturated heterocycles. The van der Waals surface area contributed by atoms with Crippen LogP contribution in [0.15, 0.2) is 36.5 Å². The lowest BCUT2D eigenvalue weighted by molar-refractivity contribution is -0.159. The Morgan fingerprint density at radius 3 is 2.75 bits per heavy atom. The first-order valence-electron chi connectivity index (χ1n) is 9.90. The molecule has 1 fully saturated rings. The maximum atomic E-state index is 14.3. The number of carbonyl (C=O) groups excluding carboxylic acids is 2. The molecule has 0 bridgehead atoms. The monoisotopic (exact) mass is 462 g/mol. The van der Waals surface area contributed by atoms with Gasteiger partial charge in [-0.1, -0.05) is 17.7 Å². The molecule has 0 unspecified atom stereocenters. The largest absolute Gasteiger partial charge is 0.375 e. The predicted octanol–water partition coefficient (Wildman–Crippen LogP) is 3.08. The minimum Gasteiger partial charge on any atom is -0.375 e. The van der Waals surface area contributed by atoms with Gasteiger partial charge < -0.3 is 19.9 Å². The van der Waals surface area contributed by atoms with E-state index >= 15 is 0 Å². The summed E-state index contributed by atoms with van der Waals surface area (Å²) in [7, 11) is 1.56. The van der Waals surface area contributed by atoms with Crippen LogP contribution in [0, 0.1) is 11.6 Å². The molecule has 7 nitrogen and oxygen atoms in total. The lowest BCUT2D eigenvalue weighted by Crippen LogP contribution is -2.66. The van der Waals surface area contributed by atoms with Crippen LogP contribution in [0.3, 0.4) is 0 Å². The number of amides is 2. The summed E-state index contributed by atoms with van der Waals surface area (Å²) in [5.41, 5.74) is 0.293. The van der Waals surface area contributed by atoms with Gasteiger partial charge in [0, 0.05) is 31.2 Å².